The fraction of sp³-hybridized carbons (Fsp3) is 1.00. The predicted molar refractivity (Wildman–Crippen MR) is 50.2 cm³/mol. The Morgan fingerprint density at radius 2 is 1.75 bits per heavy atom. The Labute approximate surface area is 75.5 Å². The number of rotatable bonds is 2. The van der Waals surface area contributed by atoms with E-state index in [4.69, 9.17) is 4.74 Å². The van der Waals surface area contributed by atoms with E-state index in [2.05, 4.69) is 6.92 Å². The smallest absolute Gasteiger partial charge is 0.0732 e. The SMILES string of the molecule is CCC1(OC)CCC12CCCC2. The molecule has 2 aliphatic carbocycles. The molecule has 0 aliphatic heterocycles. The first kappa shape index (κ1) is 8.55. The first-order chi connectivity index (χ1) is 5.79. The molecule has 1 nitrogen and oxygen atoms in total. The van der Waals surface area contributed by atoms with E-state index in [1.807, 2.05) is 7.11 Å². The highest BCUT2D eigenvalue weighted by Gasteiger charge is 2.58. The normalized spacial score (nSPS) is 38.5. The average molecular weight is 168 g/mol. The van der Waals surface area contributed by atoms with Gasteiger partial charge in [0.25, 0.3) is 0 Å². The van der Waals surface area contributed by atoms with Gasteiger partial charge < -0.3 is 4.74 Å². The molecule has 1 unspecified atom stereocenters. The lowest BCUT2D eigenvalue weighted by Gasteiger charge is -2.57. The van der Waals surface area contributed by atoms with E-state index in [1.165, 1.54) is 44.9 Å². The van der Waals surface area contributed by atoms with E-state index in [0.717, 1.165) is 0 Å². The summed E-state index contributed by atoms with van der Waals surface area (Å²) >= 11 is 0. The minimum Gasteiger partial charge on any atom is -0.378 e. The number of ether oxygens (including phenoxy) is 1. The topological polar surface area (TPSA) is 9.23 Å². The molecule has 2 saturated carbocycles. The van der Waals surface area contributed by atoms with Crippen LogP contribution >= 0.6 is 0 Å². The monoisotopic (exact) mass is 168 g/mol. The molecule has 0 amide bonds. The van der Waals surface area contributed by atoms with Crippen molar-refractivity contribution < 1.29 is 4.74 Å². The van der Waals surface area contributed by atoms with Crippen LogP contribution in [0.1, 0.15) is 51.9 Å². The highest BCUT2D eigenvalue weighted by Crippen LogP contribution is 2.62. The summed E-state index contributed by atoms with van der Waals surface area (Å²) in [7, 11) is 1.91. The molecule has 0 radical (unpaired) electrons. The average Bonchev–Trinajstić information content (AvgIpc) is 2.56. The Kier molecular flexibility index (Phi) is 1.95. The minimum atomic E-state index is 0.281. The van der Waals surface area contributed by atoms with Gasteiger partial charge in [0.2, 0.25) is 0 Å². The van der Waals surface area contributed by atoms with Crippen LogP contribution in [0.4, 0.5) is 0 Å². The second-order valence-electron chi connectivity index (χ2n) is 4.54. The quantitative estimate of drug-likeness (QED) is 0.615. The summed E-state index contributed by atoms with van der Waals surface area (Å²) < 4.78 is 5.76. The Hall–Kier alpha value is -0.0400. The van der Waals surface area contributed by atoms with Gasteiger partial charge in [-0.05, 0) is 37.5 Å². The molecule has 0 aromatic rings. The maximum absolute atomic E-state index is 5.76. The zero-order valence-corrected chi connectivity index (χ0v) is 8.36. The molecule has 12 heavy (non-hydrogen) atoms. The second kappa shape index (κ2) is 2.73. The van der Waals surface area contributed by atoms with Crippen LogP contribution in [-0.2, 0) is 4.74 Å². The predicted octanol–water partition coefficient (Wildman–Crippen LogP) is 3.14. The van der Waals surface area contributed by atoms with E-state index >= 15 is 0 Å². The molecule has 2 fully saturated rings. The zero-order valence-electron chi connectivity index (χ0n) is 8.36. The summed E-state index contributed by atoms with van der Waals surface area (Å²) in [6.45, 7) is 2.28. The van der Waals surface area contributed by atoms with Crippen molar-refractivity contribution in [1.82, 2.24) is 0 Å². The molecule has 0 bridgehead atoms. The summed E-state index contributed by atoms with van der Waals surface area (Å²) in [6.07, 6.45) is 9.66. The Morgan fingerprint density at radius 1 is 1.08 bits per heavy atom. The van der Waals surface area contributed by atoms with Gasteiger partial charge in [0, 0.05) is 7.11 Å². The Bertz CT molecular complexity index is 153. The fourth-order valence-corrected chi connectivity index (χ4v) is 3.53. The minimum absolute atomic E-state index is 0.281. The van der Waals surface area contributed by atoms with Gasteiger partial charge in [-0.25, -0.2) is 0 Å². The first-order valence-corrected chi connectivity index (χ1v) is 5.34. The summed E-state index contributed by atoms with van der Waals surface area (Å²) in [5, 5.41) is 0. The maximum atomic E-state index is 5.76. The molecule has 0 saturated heterocycles. The molecule has 2 rings (SSSR count). The molecule has 2 aliphatic rings. The molecule has 1 heteroatoms. The number of hydrogen-bond donors (Lipinski definition) is 0. The molecule has 70 valence electrons. The molecule has 1 spiro atoms. The third-order valence-electron chi connectivity index (χ3n) is 4.50. The molecule has 1 atom stereocenters. The van der Waals surface area contributed by atoms with Crippen LogP contribution in [0, 0.1) is 5.41 Å². The van der Waals surface area contributed by atoms with Crippen molar-refractivity contribution in [3.05, 3.63) is 0 Å². The van der Waals surface area contributed by atoms with Gasteiger partial charge in [-0.3, -0.25) is 0 Å². The molecular weight excluding hydrogens is 148 g/mol. The third kappa shape index (κ3) is 0.834. The van der Waals surface area contributed by atoms with Crippen LogP contribution in [0.3, 0.4) is 0 Å². The van der Waals surface area contributed by atoms with E-state index in [9.17, 15) is 0 Å². The van der Waals surface area contributed by atoms with Crippen LogP contribution in [0.5, 0.6) is 0 Å². The van der Waals surface area contributed by atoms with Crippen molar-refractivity contribution in [2.24, 2.45) is 5.41 Å². The van der Waals surface area contributed by atoms with Gasteiger partial charge in [0.1, 0.15) is 0 Å². The van der Waals surface area contributed by atoms with Gasteiger partial charge in [-0.15, -0.1) is 0 Å². The van der Waals surface area contributed by atoms with Crippen molar-refractivity contribution in [3.63, 3.8) is 0 Å². The third-order valence-corrected chi connectivity index (χ3v) is 4.50. The van der Waals surface area contributed by atoms with Crippen LogP contribution in [0.2, 0.25) is 0 Å². The van der Waals surface area contributed by atoms with Crippen molar-refractivity contribution in [2.45, 2.75) is 57.5 Å². The highest BCUT2D eigenvalue weighted by atomic mass is 16.5. The van der Waals surface area contributed by atoms with Gasteiger partial charge in [-0.1, -0.05) is 19.8 Å². The van der Waals surface area contributed by atoms with E-state index in [-0.39, 0.29) is 5.60 Å². The van der Waals surface area contributed by atoms with Gasteiger partial charge >= 0.3 is 0 Å². The number of hydrogen-bond acceptors (Lipinski definition) is 1. The van der Waals surface area contributed by atoms with Crippen molar-refractivity contribution in [2.75, 3.05) is 7.11 Å². The lowest BCUT2D eigenvalue weighted by Crippen LogP contribution is -2.56. The standard InChI is InChI=1S/C11H20O/c1-3-11(12-2)9-8-10(11)6-4-5-7-10/h3-9H2,1-2H3. The Morgan fingerprint density at radius 3 is 2.08 bits per heavy atom. The van der Waals surface area contributed by atoms with E-state index in [1.54, 1.807) is 0 Å². The summed E-state index contributed by atoms with van der Waals surface area (Å²) in [5.41, 5.74) is 0.889. The van der Waals surface area contributed by atoms with Gasteiger partial charge in [-0.2, -0.15) is 0 Å². The van der Waals surface area contributed by atoms with Crippen molar-refractivity contribution >= 4 is 0 Å². The lowest BCUT2D eigenvalue weighted by molar-refractivity contribution is -0.187. The fourth-order valence-electron chi connectivity index (χ4n) is 3.53. The van der Waals surface area contributed by atoms with Crippen molar-refractivity contribution in [3.8, 4) is 0 Å². The van der Waals surface area contributed by atoms with Crippen molar-refractivity contribution in [1.29, 1.82) is 0 Å². The van der Waals surface area contributed by atoms with Crippen LogP contribution in [-0.4, -0.2) is 12.7 Å². The van der Waals surface area contributed by atoms with E-state index in [0.29, 0.717) is 5.41 Å². The molecule has 0 aromatic heterocycles. The van der Waals surface area contributed by atoms with E-state index < -0.39 is 0 Å². The molecular formula is C11H20O. The molecule has 0 aromatic carbocycles. The first-order valence-electron chi connectivity index (χ1n) is 5.34. The van der Waals surface area contributed by atoms with Gasteiger partial charge in [0.05, 0.1) is 5.60 Å². The largest absolute Gasteiger partial charge is 0.378 e. The molecule has 0 N–H and O–H groups in total. The number of methoxy groups -OCH3 is 1. The van der Waals surface area contributed by atoms with Crippen LogP contribution in [0.15, 0.2) is 0 Å². The van der Waals surface area contributed by atoms with Gasteiger partial charge in [0.15, 0.2) is 0 Å². The van der Waals surface area contributed by atoms with Crippen LogP contribution < -0.4 is 0 Å². The summed E-state index contributed by atoms with van der Waals surface area (Å²) in [6, 6.07) is 0. The summed E-state index contributed by atoms with van der Waals surface area (Å²) in [4.78, 5) is 0. The zero-order chi connectivity index (χ0) is 8.66. The van der Waals surface area contributed by atoms with Crippen LogP contribution in [0.25, 0.3) is 0 Å². The lowest BCUT2D eigenvalue weighted by atomic mass is 9.54. The maximum Gasteiger partial charge on any atom is 0.0732 e. The second-order valence-corrected chi connectivity index (χ2v) is 4.54. The molecule has 0 heterocycles. The summed E-state index contributed by atoms with van der Waals surface area (Å²) in [5.74, 6) is 0. The highest BCUT2D eigenvalue weighted by molar-refractivity contribution is 5.10. The Balaban J connectivity index is 2.16.